The van der Waals surface area contributed by atoms with Crippen LogP contribution >= 0.6 is 0 Å². The third-order valence-electron chi connectivity index (χ3n) is 4.23. The van der Waals surface area contributed by atoms with Crippen LogP contribution in [0.15, 0.2) is 24.3 Å². The second-order valence-corrected chi connectivity index (χ2v) is 5.73. The van der Waals surface area contributed by atoms with Crippen molar-refractivity contribution in [1.82, 2.24) is 10.2 Å². The number of hydrogen-bond acceptors (Lipinski definition) is 3. The molecule has 2 aliphatic rings. The number of rotatable bonds is 2. The second kappa shape index (κ2) is 6.44. The maximum Gasteiger partial charge on any atom is 0.227 e. The molecule has 0 aliphatic carbocycles. The number of nitrogens with zero attached hydrogens (tertiary/aromatic N) is 1. The van der Waals surface area contributed by atoms with Crippen LogP contribution in [0.25, 0.3) is 0 Å². The van der Waals surface area contributed by atoms with Crippen LogP contribution in [0.5, 0.6) is 0 Å². The van der Waals surface area contributed by atoms with Crippen LogP contribution in [0, 0.1) is 11.7 Å². The average molecular weight is 306 g/mol. The third-order valence-corrected chi connectivity index (χ3v) is 4.23. The Kier molecular flexibility index (Phi) is 4.38. The molecule has 22 heavy (non-hydrogen) atoms. The van der Waals surface area contributed by atoms with E-state index in [0.29, 0.717) is 39.1 Å². The van der Waals surface area contributed by atoms with Crippen molar-refractivity contribution in [2.24, 2.45) is 5.92 Å². The minimum absolute atomic E-state index is 0.00946. The molecule has 6 heteroatoms. The van der Waals surface area contributed by atoms with E-state index in [1.807, 2.05) is 0 Å². The van der Waals surface area contributed by atoms with Crippen molar-refractivity contribution in [3.05, 3.63) is 35.6 Å². The molecule has 0 saturated carbocycles. The van der Waals surface area contributed by atoms with Crippen LogP contribution < -0.4 is 5.32 Å². The summed E-state index contributed by atoms with van der Waals surface area (Å²) in [6, 6.07) is 6.18. The zero-order chi connectivity index (χ0) is 15.5. The topological polar surface area (TPSA) is 58.6 Å². The van der Waals surface area contributed by atoms with Crippen LogP contribution in [0.3, 0.4) is 0 Å². The second-order valence-electron chi connectivity index (χ2n) is 5.73. The lowest BCUT2D eigenvalue weighted by atomic mass is 9.97. The number of piperidine rings is 1. The van der Waals surface area contributed by atoms with Crippen LogP contribution in [0.2, 0.25) is 0 Å². The fraction of sp³-hybridized carbons (Fsp3) is 0.500. The van der Waals surface area contributed by atoms with Gasteiger partial charge in [0.15, 0.2) is 0 Å². The van der Waals surface area contributed by atoms with Gasteiger partial charge in [-0.05, 0) is 24.1 Å². The minimum atomic E-state index is -0.287. The first-order chi connectivity index (χ1) is 10.6. The molecule has 118 valence electrons. The highest BCUT2D eigenvalue weighted by atomic mass is 19.1. The number of morpholine rings is 1. The predicted molar refractivity (Wildman–Crippen MR) is 77.4 cm³/mol. The summed E-state index contributed by atoms with van der Waals surface area (Å²) in [6.07, 6.45) is 0.780. The van der Waals surface area contributed by atoms with Gasteiger partial charge in [0.05, 0.1) is 19.1 Å². The highest BCUT2D eigenvalue weighted by Crippen LogP contribution is 2.24. The summed E-state index contributed by atoms with van der Waals surface area (Å²) >= 11 is 0. The molecule has 2 aliphatic heterocycles. The van der Waals surface area contributed by atoms with Crippen molar-refractivity contribution in [3.8, 4) is 0 Å². The standard InChI is InChI=1S/C16H19FN2O3/c17-13-4-1-11(2-5-13)14-10-19(7-8-22-14)16(21)12-3-6-15(20)18-9-12/h1-2,4-5,12,14H,3,6-10H2,(H,18,20)/t12-,14+/m1/s1. The van der Waals surface area contributed by atoms with Gasteiger partial charge in [-0.2, -0.15) is 0 Å². The molecule has 3 rings (SSSR count). The SMILES string of the molecule is O=C1CC[C@@H](C(=O)N2CCO[C@H](c3ccc(F)cc3)C2)CN1. The molecule has 2 heterocycles. The summed E-state index contributed by atoms with van der Waals surface area (Å²) in [5, 5.41) is 2.74. The number of nitrogens with one attached hydrogen (secondary N) is 1. The number of carbonyl (C=O) groups is 2. The zero-order valence-corrected chi connectivity index (χ0v) is 12.3. The Morgan fingerprint density at radius 1 is 1.32 bits per heavy atom. The fourth-order valence-electron chi connectivity index (χ4n) is 2.93. The summed E-state index contributed by atoms with van der Waals surface area (Å²) in [7, 11) is 0. The van der Waals surface area contributed by atoms with Gasteiger partial charge in [-0.15, -0.1) is 0 Å². The van der Waals surface area contributed by atoms with Gasteiger partial charge in [0, 0.05) is 19.5 Å². The maximum absolute atomic E-state index is 13.0. The van der Waals surface area contributed by atoms with Crippen molar-refractivity contribution in [1.29, 1.82) is 0 Å². The van der Waals surface area contributed by atoms with E-state index in [2.05, 4.69) is 5.32 Å². The van der Waals surface area contributed by atoms with Crippen LogP contribution in [-0.2, 0) is 14.3 Å². The number of ether oxygens (including phenoxy) is 1. The van der Waals surface area contributed by atoms with E-state index in [1.54, 1.807) is 17.0 Å². The van der Waals surface area contributed by atoms with Gasteiger partial charge < -0.3 is 15.0 Å². The molecule has 0 aromatic heterocycles. The van der Waals surface area contributed by atoms with Gasteiger partial charge in [-0.25, -0.2) is 4.39 Å². The third kappa shape index (κ3) is 3.27. The molecule has 5 nitrogen and oxygen atoms in total. The molecule has 2 saturated heterocycles. The Morgan fingerprint density at radius 2 is 2.09 bits per heavy atom. The van der Waals surface area contributed by atoms with Gasteiger partial charge in [0.2, 0.25) is 11.8 Å². The molecule has 1 N–H and O–H groups in total. The molecule has 0 radical (unpaired) electrons. The summed E-state index contributed by atoms with van der Waals surface area (Å²) in [6.45, 7) is 1.90. The molecular weight excluding hydrogens is 287 g/mol. The molecule has 0 spiro atoms. The predicted octanol–water partition coefficient (Wildman–Crippen LogP) is 1.25. The van der Waals surface area contributed by atoms with Crippen LogP contribution in [-0.4, -0.2) is 43.0 Å². The van der Waals surface area contributed by atoms with Gasteiger partial charge in [-0.3, -0.25) is 9.59 Å². The first kappa shape index (κ1) is 15.0. The van der Waals surface area contributed by atoms with E-state index >= 15 is 0 Å². The number of amides is 2. The summed E-state index contributed by atoms with van der Waals surface area (Å²) < 4.78 is 18.7. The van der Waals surface area contributed by atoms with Crippen LogP contribution in [0.4, 0.5) is 4.39 Å². The molecule has 2 fully saturated rings. The normalized spacial score (nSPS) is 25.7. The smallest absolute Gasteiger partial charge is 0.227 e. The first-order valence-corrected chi connectivity index (χ1v) is 7.56. The summed E-state index contributed by atoms with van der Waals surface area (Å²) in [5.41, 5.74) is 0.871. The Hall–Kier alpha value is -1.95. The Balaban J connectivity index is 1.63. The van der Waals surface area contributed by atoms with Crippen LogP contribution in [0.1, 0.15) is 24.5 Å². The van der Waals surface area contributed by atoms with E-state index in [9.17, 15) is 14.0 Å². The molecule has 0 unspecified atom stereocenters. The van der Waals surface area contributed by atoms with Crippen molar-refractivity contribution >= 4 is 11.8 Å². The molecule has 1 aromatic rings. The highest BCUT2D eigenvalue weighted by molar-refractivity contribution is 5.83. The maximum atomic E-state index is 13.0. The first-order valence-electron chi connectivity index (χ1n) is 7.56. The Labute approximate surface area is 128 Å². The van der Waals surface area contributed by atoms with Gasteiger partial charge in [0.1, 0.15) is 11.9 Å². The van der Waals surface area contributed by atoms with Gasteiger partial charge >= 0.3 is 0 Å². The molecule has 1 aromatic carbocycles. The average Bonchev–Trinajstić information content (AvgIpc) is 2.56. The minimum Gasteiger partial charge on any atom is -0.370 e. The lowest BCUT2D eigenvalue weighted by Gasteiger charge is -2.36. The van der Waals surface area contributed by atoms with E-state index in [1.165, 1.54) is 12.1 Å². The van der Waals surface area contributed by atoms with Crippen molar-refractivity contribution in [2.45, 2.75) is 18.9 Å². The van der Waals surface area contributed by atoms with E-state index in [4.69, 9.17) is 4.74 Å². The monoisotopic (exact) mass is 306 g/mol. The van der Waals surface area contributed by atoms with Gasteiger partial charge in [-0.1, -0.05) is 12.1 Å². The number of halogens is 1. The van der Waals surface area contributed by atoms with E-state index in [-0.39, 0.29) is 29.7 Å². The largest absolute Gasteiger partial charge is 0.370 e. The van der Waals surface area contributed by atoms with E-state index < -0.39 is 0 Å². The van der Waals surface area contributed by atoms with Crippen molar-refractivity contribution < 1.29 is 18.7 Å². The number of hydrogen-bond donors (Lipinski definition) is 1. The fourth-order valence-corrected chi connectivity index (χ4v) is 2.93. The lowest BCUT2D eigenvalue weighted by molar-refractivity contribution is -0.144. The van der Waals surface area contributed by atoms with Crippen molar-refractivity contribution in [2.75, 3.05) is 26.2 Å². The molecular formula is C16H19FN2O3. The van der Waals surface area contributed by atoms with Crippen molar-refractivity contribution in [3.63, 3.8) is 0 Å². The summed E-state index contributed by atoms with van der Waals surface area (Å²) in [5.74, 6) is -0.360. The highest BCUT2D eigenvalue weighted by Gasteiger charge is 2.32. The van der Waals surface area contributed by atoms with E-state index in [0.717, 1.165) is 5.56 Å². The Bertz CT molecular complexity index is 551. The number of benzene rings is 1. The number of carbonyl (C=O) groups excluding carboxylic acids is 2. The summed E-state index contributed by atoms with van der Waals surface area (Å²) in [4.78, 5) is 25.5. The quantitative estimate of drug-likeness (QED) is 0.895. The Morgan fingerprint density at radius 3 is 2.77 bits per heavy atom. The molecule has 2 amide bonds. The lowest BCUT2D eigenvalue weighted by Crippen LogP contribution is -2.49. The molecule has 0 bridgehead atoms. The van der Waals surface area contributed by atoms with Gasteiger partial charge in [0.25, 0.3) is 0 Å². The molecule has 2 atom stereocenters. The zero-order valence-electron chi connectivity index (χ0n) is 12.3.